The van der Waals surface area contributed by atoms with Crippen LogP contribution >= 0.6 is 0 Å². The van der Waals surface area contributed by atoms with Crippen molar-refractivity contribution < 1.29 is 9.18 Å². The zero-order valence-electron chi connectivity index (χ0n) is 10.4. The maximum atomic E-state index is 12.8. The second kappa shape index (κ2) is 5.48. The summed E-state index contributed by atoms with van der Waals surface area (Å²) >= 11 is 0. The van der Waals surface area contributed by atoms with Gasteiger partial charge in [-0.1, -0.05) is 25.0 Å². The number of carbonyl (C=O) groups is 1. The molecule has 3 N–H and O–H groups in total. The molecule has 0 aliphatic heterocycles. The van der Waals surface area contributed by atoms with E-state index >= 15 is 0 Å². The van der Waals surface area contributed by atoms with Crippen molar-refractivity contribution in [3.63, 3.8) is 0 Å². The normalized spacial score (nSPS) is 17.7. The number of hydrogen-bond donors (Lipinski definition) is 2. The van der Waals surface area contributed by atoms with Crippen LogP contribution in [0.5, 0.6) is 0 Å². The number of hydrogen-bond acceptors (Lipinski definition) is 2. The molecule has 1 fully saturated rings. The third-order valence-electron chi connectivity index (χ3n) is 3.63. The third-order valence-corrected chi connectivity index (χ3v) is 3.63. The first-order valence-electron chi connectivity index (χ1n) is 6.39. The van der Waals surface area contributed by atoms with Gasteiger partial charge in [0, 0.05) is 6.54 Å². The zero-order chi connectivity index (χ0) is 13.0. The van der Waals surface area contributed by atoms with Gasteiger partial charge in [-0.25, -0.2) is 4.39 Å². The third kappa shape index (κ3) is 3.07. The van der Waals surface area contributed by atoms with Gasteiger partial charge in [0.25, 0.3) is 0 Å². The Bertz CT molecular complexity index is 410. The van der Waals surface area contributed by atoms with Gasteiger partial charge in [0.1, 0.15) is 5.82 Å². The van der Waals surface area contributed by atoms with E-state index in [-0.39, 0.29) is 23.7 Å². The number of benzene rings is 1. The van der Waals surface area contributed by atoms with E-state index in [9.17, 15) is 9.18 Å². The predicted octanol–water partition coefficient (Wildman–Crippen LogP) is 1.76. The first-order chi connectivity index (χ1) is 8.63. The maximum absolute atomic E-state index is 12.8. The minimum absolute atomic E-state index is 0.0334. The van der Waals surface area contributed by atoms with Crippen LogP contribution in [0.15, 0.2) is 24.3 Å². The van der Waals surface area contributed by atoms with Crippen LogP contribution < -0.4 is 11.1 Å². The molecule has 3 nitrogen and oxygen atoms in total. The molecule has 18 heavy (non-hydrogen) atoms. The Labute approximate surface area is 107 Å². The van der Waals surface area contributed by atoms with Crippen molar-refractivity contribution >= 4 is 5.91 Å². The van der Waals surface area contributed by atoms with E-state index in [1.165, 1.54) is 12.1 Å². The summed E-state index contributed by atoms with van der Waals surface area (Å²) in [7, 11) is 0. The summed E-state index contributed by atoms with van der Waals surface area (Å²) in [6, 6.07) is 6.02. The molecule has 1 aromatic carbocycles. The number of carbonyl (C=O) groups excluding carboxylic acids is 1. The fourth-order valence-electron chi connectivity index (χ4n) is 2.56. The minimum Gasteiger partial charge on any atom is -0.349 e. The Kier molecular flexibility index (Phi) is 3.97. The van der Waals surface area contributed by atoms with Gasteiger partial charge in [-0.2, -0.15) is 0 Å². The van der Waals surface area contributed by atoms with Crippen LogP contribution in [0.2, 0.25) is 0 Å². The largest absolute Gasteiger partial charge is 0.349 e. The Balaban J connectivity index is 1.94. The van der Waals surface area contributed by atoms with Crippen molar-refractivity contribution in [1.29, 1.82) is 0 Å². The monoisotopic (exact) mass is 250 g/mol. The Morgan fingerprint density at radius 3 is 2.44 bits per heavy atom. The number of nitrogens with one attached hydrogen (secondary N) is 1. The molecule has 0 aromatic heterocycles. The molecule has 0 unspecified atom stereocenters. The Morgan fingerprint density at radius 2 is 1.89 bits per heavy atom. The van der Waals surface area contributed by atoms with Crippen LogP contribution in [0.3, 0.4) is 0 Å². The van der Waals surface area contributed by atoms with Crippen LogP contribution in [0.4, 0.5) is 4.39 Å². The van der Waals surface area contributed by atoms with Gasteiger partial charge in [0.05, 0.1) is 12.0 Å². The maximum Gasteiger partial charge on any atom is 0.224 e. The summed E-state index contributed by atoms with van der Waals surface area (Å²) in [5.41, 5.74) is 6.37. The molecule has 1 aliphatic rings. The molecular weight excluding hydrogens is 231 g/mol. The second-order valence-electron chi connectivity index (χ2n) is 5.04. The molecule has 0 atom stereocenters. The number of nitrogens with two attached hydrogens (primary N) is 1. The quantitative estimate of drug-likeness (QED) is 0.855. The Hall–Kier alpha value is -1.42. The molecule has 1 saturated carbocycles. The zero-order valence-corrected chi connectivity index (χ0v) is 10.4. The van der Waals surface area contributed by atoms with E-state index in [0.717, 1.165) is 31.2 Å². The van der Waals surface area contributed by atoms with E-state index in [4.69, 9.17) is 5.73 Å². The molecular formula is C14H19FN2O. The highest BCUT2D eigenvalue weighted by Crippen LogP contribution is 2.28. The SMILES string of the molecule is NCC1(NC(=O)Cc2ccc(F)cc2)CCCC1. The van der Waals surface area contributed by atoms with Crippen LogP contribution in [-0.4, -0.2) is 18.0 Å². The van der Waals surface area contributed by atoms with Crippen molar-refractivity contribution in [2.75, 3.05) is 6.54 Å². The molecule has 4 heteroatoms. The van der Waals surface area contributed by atoms with Crippen LogP contribution in [0.1, 0.15) is 31.2 Å². The van der Waals surface area contributed by atoms with Crippen molar-refractivity contribution in [2.24, 2.45) is 5.73 Å². The number of rotatable bonds is 4. The molecule has 0 bridgehead atoms. The lowest BCUT2D eigenvalue weighted by atomic mass is 9.97. The summed E-state index contributed by atoms with van der Waals surface area (Å²) in [5.74, 6) is -0.317. The topological polar surface area (TPSA) is 55.1 Å². The average Bonchev–Trinajstić information content (AvgIpc) is 2.81. The smallest absolute Gasteiger partial charge is 0.224 e. The molecule has 1 aliphatic carbocycles. The van der Waals surface area contributed by atoms with E-state index in [1.807, 2.05) is 0 Å². The van der Waals surface area contributed by atoms with E-state index in [0.29, 0.717) is 6.54 Å². The fraction of sp³-hybridized carbons (Fsp3) is 0.500. The van der Waals surface area contributed by atoms with Gasteiger partial charge in [0.15, 0.2) is 0 Å². The van der Waals surface area contributed by atoms with Gasteiger partial charge in [-0.3, -0.25) is 4.79 Å². The van der Waals surface area contributed by atoms with E-state index in [1.54, 1.807) is 12.1 Å². The fourth-order valence-corrected chi connectivity index (χ4v) is 2.56. The minimum atomic E-state index is -0.284. The second-order valence-corrected chi connectivity index (χ2v) is 5.04. The van der Waals surface area contributed by atoms with Crippen molar-refractivity contribution in [2.45, 2.75) is 37.6 Å². The first-order valence-corrected chi connectivity index (χ1v) is 6.39. The van der Waals surface area contributed by atoms with Crippen LogP contribution in [0.25, 0.3) is 0 Å². The molecule has 98 valence electrons. The highest BCUT2D eigenvalue weighted by atomic mass is 19.1. The molecule has 0 spiro atoms. The van der Waals surface area contributed by atoms with Crippen molar-refractivity contribution in [3.8, 4) is 0 Å². The highest BCUT2D eigenvalue weighted by Gasteiger charge is 2.33. The lowest BCUT2D eigenvalue weighted by Crippen LogP contribution is -2.52. The molecule has 0 radical (unpaired) electrons. The number of halogens is 1. The first kappa shape index (κ1) is 13.0. The van der Waals surface area contributed by atoms with Crippen LogP contribution in [0, 0.1) is 5.82 Å². The average molecular weight is 250 g/mol. The molecule has 1 amide bonds. The summed E-state index contributed by atoms with van der Waals surface area (Å²) < 4.78 is 12.8. The van der Waals surface area contributed by atoms with Gasteiger partial charge >= 0.3 is 0 Å². The predicted molar refractivity (Wildman–Crippen MR) is 68.5 cm³/mol. The van der Waals surface area contributed by atoms with Gasteiger partial charge in [0.2, 0.25) is 5.91 Å². The standard InChI is InChI=1S/C14H19FN2O/c15-12-5-3-11(4-6-12)9-13(18)17-14(10-16)7-1-2-8-14/h3-6H,1-2,7-10,16H2,(H,17,18). The summed E-state index contributed by atoms with van der Waals surface area (Å²) in [4.78, 5) is 12.0. The number of amides is 1. The molecule has 0 heterocycles. The van der Waals surface area contributed by atoms with E-state index in [2.05, 4.69) is 5.32 Å². The Morgan fingerprint density at radius 1 is 1.28 bits per heavy atom. The molecule has 2 rings (SSSR count). The highest BCUT2D eigenvalue weighted by molar-refractivity contribution is 5.79. The summed E-state index contributed by atoms with van der Waals surface area (Å²) in [6.07, 6.45) is 4.43. The van der Waals surface area contributed by atoms with Crippen molar-refractivity contribution in [1.82, 2.24) is 5.32 Å². The molecule has 1 aromatic rings. The van der Waals surface area contributed by atoms with Crippen molar-refractivity contribution in [3.05, 3.63) is 35.6 Å². The lowest BCUT2D eigenvalue weighted by Gasteiger charge is -2.28. The summed E-state index contributed by atoms with van der Waals surface area (Å²) in [5, 5.41) is 3.05. The van der Waals surface area contributed by atoms with Gasteiger partial charge in [-0.05, 0) is 30.5 Å². The molecule has 0 saturated heterocycles. The lowest BCUT2D eigenvalue weighted by molar-refractivity contribution is -0.122. The van der Waals surface area contributed by atoms with Crippen LogP contribution in [-0.2, 0) is 11.2 Å². The van der Waals surface area contributed by atoms with E-state index < -0.39 is 0 Å². The summed E-state index contributed by atoms with van der Waals surface area (Å²) in [6.45, 7) is 0.488. The van der Waals surface area contributed by atoms with Gasteiger partial charge in [-0.15, -0.1) is 0 Å². The van der Waals surface area contributed by atoms with Gasteiger partial charge < -0.3 is 11.1 Å².